The van der Waals surface area contributed by atoms with E-state index < -0.39 is 0 Å². The molecule has 0 unspecified atom stereocenters. The van der Waals surface area contributed by atoms with Gasteiger partial charge in [-0.05, 0) is 11.5 Å². The highest BCUT2D eigenvalue weighted by Crippen LogP contribution is 2.26. The molecule has 0 saturated heterocycles. The third-order valence-corrected chi connectivity index (χ3v) is 2.88. The van der Waals surface area contributed by atoms with Gasteiger partial charge in [-0.1, -0.05) is 25.3 Å². The summed E-state index contributed by atoms with van der Waals surface area (Å²) in [4.78, 5) is 12.5. The van der Waals surface area contributed by atoms with Crippen molar-refractivity contribution in [2.75, 3.05) is 5.32 Å². The number of carbonyl (C=O) groups is 1. The Hall–Kier alpha value is -1.76. The number of aromatic nitrogens is 4. The van der Waals surface area contributed by atoms with Crippen molar-refractivity contribution in [1.29, 1.82) is 0 Å². The van der Waals surface area contributed by atoms with Gasteiger partial charge < -0.3 is 5.32 Å². The molecular weight excluding hydrogens is 238 g/mol. The van der Waals surface area contributed by atoms with Gasteiger partial charge in [0.1, 0.15) is 10.7 Å². The zero-order chi connectivity index (χ0) is 12.5. The predicted octanol–water partition coefficient (Wildman–Crippen LogP) is 1.81. The van der Waals surface area contributed by atoms with Crippen LogP contribution in [0, 0.1) is 0 Å². The zero-order valence-corrected chi connectivity index (χ0v) is 10.6. The fourth-order valence-corrected chi connectivity index (χ4v) is 2.11. The fraction of sp³-hybridized carbons (Fsp3) is 0.400. The van der Waals surface area contributed by atoms with E-state index in [-0.39, 0.29) is 11.3 Å². The number of nitrogens with zero attached hydrogens (tertiary/aromatic N) is 3. The van der Waals surface area contributed by atoms with Crippen molar-refractivity contribution in [3.63, 3.8) is 0 Å². The average molecular weight is 251 g/mol. The first-order valence-electron chi connectivity index (χ1n) is 5.12. The van der Waals surface area contributed by atoms with Crippen molar-refractivity contribution >= 4 is 23.3 Å². The molecule has 6 nitrogen and oxygen atoms in total. The summed E-state index contributed by atoms with van der Waals surface area (Å²) in [5, 5.41) is 13.2. The first-order chi connectivity index (χ1) is 7.98. The molecule has 2 aromatic rings. The van der Waals surface area contributed by atoms with Crippen LogP contribution in [-0.4, -0.2) is 25.7 Å². The summed E-state index contributed by atoms with van der Waals surface area (Å²) in [6, 6.07) is 1.68. The summed E-state index contributed by atoms with van der Waals surface area (Å²) in [7, 11) is 0. The molecule has 17 heavy (non-hydrogen) atoms. The number of nitrogens with one attached hydrogen (secondary N) is 2. The van der Waals surface area contributed by atoms with E-state index in [1.165, 1.54) is 0 Å². The van der Waals surface area contributed by atoms with E-state index in [1.54, 1.807) is 12.3 Å². The van der Waals surface area contributed by atoms with Crippen molar-refractivity contribution < 1.29 is 4.79 Å². The second-order valence-electron chi connectivity index (χ2n) is 4.63. The average Bonchev–Trinajstić information content (AvgIpc) is 2.85. The Morgan fingerprint density at radius 1 is 1.47 bits per heavy atom. The number of H-pyrrole nitrogens is 1. The van der Waals surface area contributed by atoms with E-state index in [4.69, 9.17) is 0 Å². The van der Waals surface area contributed by atoms with Crippen molar-refractivity contribution in [3.05, 3.63) is 22.8 Å². The molecule has 0 spiro atoms. The summed E-state index contributed by atoms with van der Waals surface area (Å²) < 4.78 is 3.84. The quantitative estimate of drug-likeness (QED) is 0.852. The third-order valence-electron chi connectivity index (χ3n) is 2.15. The Morgan fingerprint density at radius 3 is 2.82 bits per heavy atom. The molecule has 0 fully saturated rings. The van der Waals surface area contributed by atoms with E-state index in [0.29, 0.717) is 16.4 Å². The predicted molar refractivity (Wildman–Crippen MR) is 65.1 cm³/mol. The van der Waals surface area contributed by atoms with E-state index in [2.05, 4.69) is 25.1 Å². The first-order valence-corrected chi connectivity index (χ1v) is 5.89. The van der Waals surface area contributed by atoms with Crippen LogP contribution in [0.1, 0.15) is 36.1 Å². The molecule has 2 aromatic heterocycles. The van der Waals surface area contributed by atoms with Crippen molar-refractivity contribution in [2.45, 2.75) is 26.2 Å². The topological polar surface area (TPSA) is 83.6 Å². The van der Waals surface area contributed by atoms with Gasteiger partial charge in [-0.3, -0.25) is 9.89 Å². The number of amides is 1. The Morgan fingerprint density at radius 2 is 2.24 bits per heavy atom. The minimum atomic E-state index is -0.214. The summed E-state index contributed by atoms with van der Waals surface area (Å²) in [6.07, 6.45) is 1.57. The highest BCUT2D eigenvalue weighted by atomic mass is 32.1. The van der Waals surface area contributed by atoms with Crippen molar-refractivity contribution in [3.8, 4) is 0 Å². The Kier molecular flexibility index (Phi) is 2.93. The van der Waals surface area contributed by atoms with Crippen LogP contribution < -0.4 is 5.32 Å². The van der Waals surface area contributed by atoms with E-state index in [1.807, 2.05) is 20.8 Å². The van der Waals surface area contributed by atoms with Crippen LogP contribution in [0.15, 0.2) is 12.3 Å². The van der Waals surface area contributed by atoms with Crippen LogP contribution in [0.4, 0.5) is 5.82 Å². The van der Waals surface area contributed by atoms with Gasteiger partial charge in [-0.2, -0.15) is 5.10 Å². The monoisotopic (exact) mass is 251 g/mol. The Labute approximate surface area is 103 Å². The SMILES string of the molecule is CC(C)(C)c1nnsc1C(=O)Nc1ccn[nH]1. The van der Waals surface area contributed by atoms with Crippen LogP contribution in [0.2, 0.25) is 0 Å². The van der Waals surface area contributed by atoms with Gasteiger partial charge in [-0.25, -0.2) is 0 Å². The van der Waals surface area contributed by atoms with Gasteiger partial charge >= 0.3 is 0 Å². The molecule has 0 radical (unpaired) electrons. The lowest BCUT2D eigenvalue weighted by Gasteiger charge is -2.15. The van der Waals surface area contributed by atoms with Gasteiger partial charge in [0, 0.05) is 11.5 Å². The number of rotatable bonds is 2. The molecule has 0 saturated carbocycles. The van der Waals surface area contributed by atoms with Gasteiger partial charge in [0.05, 0.1) is 11.9 Å². The lowest BCUT2D eigenvalue weighted by atomic mass is 9.91. The molecular formula is C10H13N5OS. The Bertz CT molecular complexity index is 511. The number of hydrogen-bond donors (Lipinski definition) is 2. The number of carbonyl (C=O) groups excluding carboxylic acids is 1. The number of aromatic amines is 1. The van der Waals surface area contributed by atoms with E-state index in [9.17, 15) is 4.79 Å². The molecule has 0 aliphatic heterocycles. The molecule has 0 bridgehead atoms. The van der Waals surface area contributed by atoms with Crippen LogP contribution in [0.3, 0.4) is 0 Å². The maximum absolute atomic E-state index is 12.0. The number of anilines is 1. The van der Waals surface area contributed by atoms with Crippen LogP contribution in [-0.2, 0) is 5.41 Å². The molecule has 7 heteroatoms. The second kappa shape index (κ2) is 4.25. The van der Waals surface area contributed by atoms with Crippen molar-refractivity contribution in [2.24, 2.45) is 0 Å². The minimum Gasteiger partial charge on any atom is -0.306 e. The summed E-state index contributed by atoms with van der Waals surface area (Å²) in [5.74, 6) is 0.345. The molecule has 0 aromatic carbocycles. The molecule has 0 atom stereocenters. The molecule has 2 N–H and O–H groups in total. The lowest BCUT2D eigenvalue weighted by Crippen LogP contribution is -2.20. The molecule has 1 amide bonds. The van der Waals surface area contributed by atoms with Crippen LogP contribution in [0.5, 0.6) is 0 Å². The smallest absolute Gasteiger partial charge is 0.270 e. The van der Waals surface area contributed by atoms with Gasteiger partial charge in [0.2, 0.25) is 0 Å². The van der Waals surface area contributed by atoms with Crippen molar-refractivity contribution in [1.82, 2.24) is 19.8 Å². The number of hydrogen-bond acceptors (Lipinski definition) is 5. The van der Waals surface area contributed by atoms with Gasteiger partial charge in [0.25, 0.3) is 5.91 Å². The lowest BCUT2D eigenvalue weighted by molar-refractivity contribution is 0.102. The second-order valence-corrected chi connectivity index (χ2v) is 5.38. The largest absolute Gasteiger partial charge is 0.306 e. The highest BCUT2D eigenvalue weighted by molar-refractivity contribution is 7.08. The van der Waals surface area contributed by atoms with Crippen LogP contribution in [0.25, 0.3) is 0 Å². The first kappa shape index (κ1) is 11.7. The molecule has 90 valence electrons. The normalized spacial score (nSPS) is 11.5. The standard InChI is InChI=1S/C10H13N5OS/c1-10(2,3)8-7(17-15-14-8)9(16)12-6-4-5-11-13-6/h4-5H,1-3H3,(H2,11,12,13,16). The maximum Gasteiger partial charge on any atom is 0.270 e. The van der Waals surface area contributed by atoms with Gasteiger partial charge in [0.15, 0.2) is 0 Å². The molecule has 2 heterocycles. The minimum absolute atomic E-state index is 0.201. The molecule has 0 aliphatic rings. The van der Waals surface area contributed by atoms with Crippen LogP contribution >= 0.6 is 11.5 Å². The maximum atomic E-state index is 12.0. The third kappa shape index (κ3) is 2.50. The van der Waals surface area contributed by atoms with Gasteiger partial charge in [-0.15, -0.1) is 5.10 Å². The summed E-state index contributed by atoms with van der Waals surface area (Å²) >= 11 is 1.10. The van der Waals surface area contributed by atoms with E-state index >= 15 is 0 Å². The zero-order valence-electron chi connectivity index (χ0n) is 9.81. The summed E-state index contributed by atoms with van der Waals surface area (Å²) in [6.45, 7) is 5.99. The summed E-state index contributed by atoms with van der Waals surface area (Å²) in [5.41, 5.74) is 0.507. The highest BCUT2D eigenvalue weighted by Gasteiger charge is 2.26. The van der Waals surface area contributed by atoms with E-state index in [0.717, 1.165) is 11.5 Å². The Balaban J connectivity index is 2.23. The molecule has 2 rings (SSSR count). The fourth-order valence-electron chi connectivity index (χ4n) is 1.33. The molecule has 0 aliphatic carbocycles.